The molecule has 0 aliphatic carbocycles. The van der Waals surface area contributed by atoms with Gasteiger partial charge < -0.3 is 9.88 Å². The molecule has 0 saturated heterocycles. The molecular formula is C25H23N3O2S. The first-order valence-corrected chi connectivity index (χ1v) is 10.9. The van der Waals surface area contributed by atoms with Crippen molar-refractivity contribution in [2.45, 2.75) is 26.9 Å². The van der Waals surface area contributed by atoms with E-state index >= 15 is 0 Å². The average molecular weight is 430 g/mol. The summed E-state index contributed by atoms with van der Waals surface area (Å²) in [4.78, 5) is 28.8. The SMILES string of the molecule is Cc1cc(=O)cc(C)n1CC(=O)NCc1cccc(-c2nc(-c3ccccc3)cs2)c1. The minimum absolute atomic E-state index is 0.0407. The highest BCUT2D eigenvalue weighted by Crippen LogP contribution is 2.29. The van der Waals surface area contributed by atoms with Crippen LogP contribution in [0, 0.1) is 13.8 Å². The van der Waals surface area contributed by atoms with Gasteiger partial charge in [0, 0.05) is 46.6 Å². The number of nitrogens with one attached hydrogen (secondary N) is 1. The summed E-state index contributed by atoms with van der Waals surface area (Å²) in [5.74, 6) is -0.0964. The van der Waals surface area contributed by atoms with E-state index < -0.39 is 0 Å². The van der Waals surface area contributed by atoms with Gasteiger partial charge >= 0.3 is 0 Å². The quantitative estimate of drug-likeness (QED) is 0.488. The molecule has 6 heteroatoms. The molecule has 31 heavy (non-hydrogen) atoms. The molecule has 0 unspecified atom stereocenters. The summed E-state index contributed by atoms with van der Waals surface area (Å²) < 4.78 is 1.84. The number of hydrogen-bond acceptors (Lipinski definition) is 4. The molecule has 0 bridgehead atoms. The Morgan fingerprint density at radius 3 is 2.42 bits per heavy atom. The topological polar surface area (TPSA) is 64.0 Å². The Kier molecular flexibility index (Phi) is 6.09. The highest BCUT2D eigenvalue weighted by atomic mass is 32.1. The van der Waals surface area contributed by atoms with Crippen LogP contribution in [-0.2, 0) is 17.9 Å². The maximum Gasteiger partial charge on any atom is 0.240 e. The second-order valence-corrected chi connectivity index (χ2v) is 8.30. The van der Waals surface area contributed by atoms with Crippen molar-refractivity contribution in [1.29, 1.82) is 0 Å². The number of aromatic nitrogens is 2. The molecule has 0 aliphatic rings. The van der Waals surface area contributed by atoms with Gasteiger partial charge in [-0.3, -0.25) is 9.59 Å². The summed E-state index contributed by atoms with van der Waals surface area (Å²) in [6.45, 7) is 4.29. The van der Waals surface area contributed by atoms with Crippen molar-refractivity contribution >= 4 is 17.2 Å². The standard InChI is InChI=1S/C25H23N3O2S/c1-17-11-22(29)12-18(2)28(17)15-24(30)26-14-19-7-6-10-21(13-19)25-27-23(16-31-25)20-8-4-3-5-9-20/h3-13,16H,14-15H2,1-2H3,(H,26,30). The van der Waals surface area contributed by atoms with E-state index in [-0.39, 0.29) is 17.9 Å². The van der Waals surface area contributed by atoms with Crippen LogP contribution in [0.4, 0.5) is 0 Å². The van der Waals surface area contributed by atoms with Crippen LogP contribution in [0.1, 0.15) is 17.0 Å². The molecule has 2 heterocycles. The molecular weight excluding hydrogens is 406 g/mol. The summed E-state index contributed by atoms with van der Waals surface area (Å²) >= 11 is 1.61. The van der Waals surface area contributed by atoms with E-state index in [1.807, 2.05) is 54.8 Å². The van der Waals surface area contributed by atoms with Crippen molar-refractivity contribution in [3.8, 4) is 21.8 Å². The third-order valence-corrected chi connectivity index (χ3v) is 5.98. The van der Waals surface area contributed by atoms with Crippen molar-refractivity contribution in [2.24, 2.45) is 0 Å². The summed E-state index contributed by atoms with van der Waals surface area (Å²) in [5, 5.41) is 5.99. The van der Waals surface area contributed by atoms with Crippen LogP contribution >= 0.6 is 11.3 Å². The Labute approximate surface area is 185 Å². The van der Waals surface area contributed by atoms with Crippen LogP contribution in [0.25, 0.3) is 21.8 Å². The molecule has 5 nitrogen and oxygen atoms in total. The minimum atomic E-state index is -0.0964. The van der Waals surface area contributed by atoms with E-state index in [0.29, 0.717) is 6.54 Å². The zero-order valence-corrected chi connectivity index (χ0v) is 18.3. The van der Waals surface area contributed by atoms with Crippen molar-refractivity contribution in [2.75, 3.05) is 0 Å². The highest BCUT2D eigenvalue weighted by Gasteiger charge is 2.09. The molecule has 0 aliphatic heterocycles. The van der Waals surface area contributed by atoms with Crippen LogP contribution in [0.2, 0.25) is 0 Å². The number of nitrogens with zero attached hydrogens (tertiary/aromatic N) is 2. The molecule has 0 saturated carbocycles. The Hall–Kier alpha value is -3.51. The van der Waals surface area contributed by atoms with Gasteiger partial charge in [-0.25, -0.2) is 4.98 Å². The van der Waals surface area contributed by atoms with E-state index in [2.05, 4.69) is 28.9 Å². The lowest BCUT2D eigenvalue weighted by Gasteiger charge is -2.14. The van der Waals surface area contributed by atoms with Gasteiger partial charge in [0.05, 0.1) is 5.69 Å². The van der Waals surface area contributed by atoms with Crippen LogP contribution in [0.3, 0.4) is 0 Å². The maximum atomic E-state index is 12.5. The molecule has 0 spiro atoms. The summed E-state index contributed by atoms with van der Waals surface area (Å²) in [6.07, 6.45) is 0. The number of amides is 1. The van der Waals surface area contributed by atoms with Gasteiger partial charge in [-0.2, -0.15) is 0 Å². The number of thiazole rings is 1. The third-order valence-electron chi connectivity index (χ3n) is 5.09. The largest absolute Gasteiger partial charge is 0.350 e. The molecule has 0 atom stereocenters. The molecule has 1 N–H and O–H groups in total. The molecule has 0 radical (unpaired) electrons. The number of hydrogen-bond donors (Lipinski definition) is 1. The lowest BCUT2D eigenvalue weighted by molar-refractivity contribution is -0.121. The maximum absolute atomic E-state index is 12.5. The van der Waals surface area contributed by atoms with Gasteiger partial charge in [-0.15, -0.1) is 11.3 Å². The van der Waals surface area contributed by atoms with Gasteiger partial charge in [0.15, 0.2) is 5.43 Å². The number of rotatable bonds is 6. The molecule has 2 aromatic carbocycles. The fourth-order valence-electron chi connectivity index (χ4n) is 3.50. The Balaban J connectivity index is 1.43. The Morgan fingerprint density at radius 1 is 0.968 bits per heavy atom. The normalized spacial score (nSPS) is 10.8. The zero-order chi connectivity index (χ0) is 21.8. The van der Waals surface area contributed by atoms with Gasteiger partial charge in [0.2, 0.25) is 5.91 Å². The predicted molar refractivity (Wildman–Crippen MR) is 125 cm³/mol. The fourth-order valence-corrected chi connectivity index (χ4v) is 4.33. The number of carbonyl (C=O) groups excluding carboxylic acids is 1. The Morgan fingerprint density at radius 2 is 1.68 bits per heavy atom. The van der Waals surface area contributed by atoms with E-state index in [9.17, 15) is 9.59 Å². The molecule has 0 fully saturated rings. The third kappa shape index (κ3) is 4.98. The number of aryl methyl sites for hydroxylation is 2. The van der Waals surface area contributed by atoms with Gasteiger partial charge in [0.1, 0.15) is 11.6 Å². The van der Waals surface area contributed by atoms with E-state index in [4.69, 9.17) is 4.98 Å². The lowest BCUT2D eigenvalue weighted by Crippen LogP contribution is -2.29. The molecule has 156 valence electrons. The number of carbonyl (C=O) groups is 1. The van der Waals surface area contributed by atoms with E-state index in [1.165, 1.54) is 0 Å². The molecule has 4 rings (SSSR count). The molecule has 4 aromatic rings. The second kappa shape index (κ2) is 9.10. The lowest BCUT2D eigenvalue weighted by atomic mass is 10.1. The zero-order valence-electron chi connectivity index (χ0n) is 17.5. The second-order valence-electron chi connectivity index (χ2n) is 7.44. The van der Waals surface area contributed by atoms with Gasteiger partial charge in [0.25, 0.3) is 0 Å². The molecule has 1 amide bonds. The van der Waals surface area contributed by atoms with Gasteiger partial charge in [-0.05, 0) is 25.5 Å². The molecule has 2 aromatic heterocycles. The first kappa shape index (κ1) is 20.8. The van der Waals surface area contributed by atoms with Crippen molar-refractivity contribution in [3.05, 3.63) is 99.3 Å². The van der Waals surface area contributed by atoms with Crippen molar-refractivity contribution in [3.63, 3.8) is 0 Å². The number of benzene rings is 2. The predicted octanol–water partition coefficient (Wildman–Crippen LogP) is 4.57. The first-order chi connectivity index (χ1) is 15.0. The average Bonchev–Trinajstić information content (AvgIpc) is 3.26. The monoisotopic (exact) mass is 429 g/mol. The minimum Gasteiger partial charge on any atom is -0.350 e. The Bertz CT molecular complexity index is 1250. The van der Waals surface area contributed by atoms with Crippen LogP contribution < -0.4 is 10.7 Å². The van der Waals surface area contributed by atoms with E-state index in [0.717, 1.165) is 38.8 Å². The number of pyridine rings is 1. The van der Waals surface area contributed by atoms with Crippen LogP contribution in [0.15, 0.2) is 76.9 Å². The smallest absolute Gasteiger partial charge is 0.240 e. The fraction of sp³-hybridized carbons (Fsp3) is 0.160. The summed E-state index contributed by atoms with van der Waals surface area (Å²) in [6, 6.07) is 21.3. The van der Waals surface area contributed by atoms with Gasteiger partial charge in [-0.1, -0.05) is 48.5 Å². The first-order valence-electron chi connectivity index (χ1n) is 10.0. The van der Waals surface area contributed by atoms with Crippen molar-refractivity contribution in [1.82, 2.24) is 14.9 Å². The van der Waals surface area contributed by atoms with Crippen LogP contribution in [-0.4, -0.2) is 15.5 Å². The highest BCUT2D eigenvalue weighted by molar-refractivity contribution is 7.13. The van der Waals surface area contributed by atoms with Crippen LogP contribution in [0.5, 0.6) is 0 Å². The van der Waals surface area contributed by atoms with E-state index in [1.54, 1.807) is 23.5 Å². The van der Waals surface area contributed by atoms with Crippen molar-refractivity contribution < 1.29 is 4.79 Å². The summed E-state index contributed by atoms with van der Waals surface area (Å²) in [5.41, 5.74) is 5.62. The summed E-state index contributed by atoms with van der Waals surface area (Å²) in [7, 11) is 0.